The van der Waals surface area contributed by atoms with E-state index < -0.39 is 0 Å². The summed E-state index contributed by atoms with van der Waals surface area (Å²) in [6.07, 6.45) is 3.81. The fourth-order valence-electron chi connectivity index (χ4n) is 2.49. The Hall–Kier alpha value is -2.82. The molecule has 0 saturated heterocycles. The lowest BCUT2D eigenvalue weighted by molar-refractivity contribution is 1.51. The van der Waals surface area contributed by atoms with Gasteiger partial charge in [0.05, 0.1) is 11.4 Å². The minimum atomic E-state index is 0.958. The van der Waals surface area contributed by atoms with Gasteiger partial charge in [0.15, 0.2) is 0 Å². The van der Waals surface area contributed by atoms with Crippen LogP contribution in [0.2, 0.25) is 0 Å². The monoisotopic (exact) mass is 372 g/mol. The van der Waals surface area contributed by atoms with Crippen molar-refractivity contribution in [2.24, 2.45) is 9.98 Å². The lowest BCUT2D eigenvalue weighted by atomic mass is 10.1. The maximum absolute atomic E-state index is 4.51. The van der Waals surface area contributed by atoms with E-state index in [-0.39, 0.29) is 0 Å². The number of aliphatic imine (C=N–C) groups is 2. The Bertz CT molecular complexity index is 909. The summed E-state index contributed by atoms with van der Waals surface area (Å²) >= 11 is 3.37. The van der Waals surface area contributed by atoms with E-state index in [1.807, 2.05) is 48.8 Å². The van der Waals surface area contributed by atoms with Gasteiger partial charge < -0.3 is 0 Å². The van der Waals surface area contributed by atoms with Gasteiger partial charge in [-0.3, -0.25) is 9.98 Å². The van der Waals surface area contributed by atoms with E-state index in [9.17, 15) is 0 Å². The van der Waals surface area contributed by atoms with Gasteiger partial charge >= 0.3 is 0 Å². The van der Waals surface area contributed by atoms with E-state index in [1.165, 1.54) is 11.1 Å². The third kappa shape index (κ3) is 4.23. The summed E-state index contributed by atoms with van der Waals surface area (Å²) < 4.78 is 0. The van der Waals surface area contributed by atoms with E-state index >= 15 is 0 Å². The highest BCUT2D eigenvalue weighted by molar-refractivity contribution is 7.12. The average molecular weight is 373 g/mol. The van der Waals surface area contributed by atoms with Crippen LogP contribution in [0.5, 0.6) is 0 Å². The molecule has 0 N–H and O–H groups in total. The Kier molecular flexibility index (Phi) is 5.14. The maximum Gasteiger partial charge on any atom is 0.0630 e. The first-order valence-corrected chi connectivity index (χ1v) is 9.98. The minimum absolute atomic E-state index is 0.958. The molecule has 0 aliphatic carbocycles. The summed E-state index contributed by atoms with van der Waals surface area (Å²) in [4.78, 5) is 11.3. The Morgan fingerprint density at radius 2 is 0.962 bits per heavy atom. The molecule has 0 saturated carbocycles. The van der Waals surface area contributed by atoms with Crippen LogP contribution in [-0.4, -0.2) is 12.4 Å². The smallest absolute Gasteiger partial charge is 0.0630 e. The molecule has 26 heavy (non-hydrogen) atoms. The van der Waals surface area contributed by atoms with Gasteiger partial charge in [0.1, 0.15) is 0 Å². The average Bonchev–Trinajstić information content (AvgIpc) is 3.40. The molecule has 2 aromatic carbocycles. The lowest BCUT2D eigenvalue weighted by Crippen LogP contribution is -1.78. The zero-order valence-electron chi connectivity index (χ0n) is 13.9. The van der Waals surface area contributed by atoms with E-state index in [0.717, 1.165) is 21.1 Å². The second-order valence-electron chi connectivity index (χ2n) is 5.64. The highest BCUT2D eigenvalue weighted by atomic mass is 32.1. The number of hydrogen-bond donors (Lipinski definition) is 0. The predicted octanol–water partition coefficient (Wildman–Crippen LogP) is 6.98. The first-order valence-electron chi connectivity index (χ1n) is 8.22. The number of hydrogen-bond acceptors (Lipinski definition) is 4. The van der Waals surface area contributed by atoms with Gasteiger partial charge in [-0.25, -0.2) is 0 Å². The zero-order chi connectivity index (χ0) is 17.6. The minimum Gasteiger partial charge on any atom is -0.255 e. The Balaban J connectivity index is 1.45. The quantitative estimate of drug-likeness (QED) is 0.338. The van der Waals surface area contributed by atoms with Crippen LogP contribution < -0.4 is 0 Å². The van der Waals surface area contributed by atoms with Crippen molar-refractivity contribution in [1.82, 2.24) is 0 Å². The van der Waals surface area contributed by atoms with Gasteiger partial charge in [-0.1, -0.05) is 36.4 Å². The number of nitrogens with zero attached hydrogens (tertiary/aromatic N) is 2. The molecule has 0 unspecified atom stereocenters. The zero-order valence-corrected chi connectivity index (χ0v) is 15.6. The molecule has 4 aromatic rings. The molecule has 0 aliphatic rings. The molecule has 4 heteroatoms. The Labute approximate surface area is 160 Å². The summed E-state index contributed by atoms with van der Waals surface area (Å²) in [6, 6.07) is 24.8. The first-order chi connectivity index (χ1) is 12.9. The molecular weight excluding hydrogens is 356 g/mol. The van der Waals surface area contributed by atoms with Crippen molar-refractivity contribution in [3.63, 3.8) is 0 Å². The summed E-state index contributed by atoms with van der Waals surface area (Å²) in [6.45, 7) is 0. The highest BCUT2D eigenvalue weighted by Gasteiger charge is 1.98. The fourth-order valence-corrected chi connectivity index (χ4v) is 3.66. The van der Waals surface area contributed by atoms with Crippen LogP contribution in [0, 0.1) is 0 Å². The van der Waals surface area contributed by atoms with Crippen molar-refractivity contribution < 1.29 is 0 Å². The Morgan fingerprint density at radius 1 is 0.538 bits per heavy atom. The number of rotatable bonds is 5. The highest BCUT2D eigenvalue weighted by Crippen LogP contribution is 2.25. The molecule has 4 rings (SSSR count). The maximum atomic E-state index is 4.51. The van der Waals surface area contributed by atoms with Gasteiger partial charge in [0, 0.05) is 22.2 Å². The van der Waals surface area contributed by atoms with Crippen LogP contribution in [0.4, 0.5) is 11.4 Å². The van der Waals surface area contributed by atoms with Crippen molar-refractivity contribution in [2.45, 2.75) is 0 Å². The normalized spacial score (nSPS) is 11.5. The van der Waals surface area contributed by atoms with E-state index in [2.05, 4.69) is 57.1 Å². The van der Waals surface area contributed by atoms with E-state index in [0.29, 0.717) is 0 Å². The molecule has 0 aliphatic heterocycles. The molecule has 2 heterocycles. The molecule has 126 valence electrons. The third-order valence-corrected chi connectivity index (χ3v) is 5.45. The van der Waals surface area contributed by atoms with Crippen LogP contribution in [0.15, 0.2) is 93.5 Å². The third-order valence-electron chi connectivity index (χ3n) is 3.84. The van der Waals surface area contributed by atoms with Crippen LogP contribution in [-0.2, 0) is 0 Å². The molecule has 0 bridgehead atoms. The van der Waals surface area contributed by atoms with Crippen molar-refractivity contribution in [1.29, 1.82) is 0 Å². The molecular formula is C22H16N2S2. The summed E-state index contributed by atoms with van der Waals surface area (Å²) in [7, 11) is 0. The summed E-state index contributed by atoms with van der Waals surface area (Å²) in [5, 5.41) is 4.11. The molecule has 2 aromatic heterocycles. The SMILES string of the molecule is C(=Nc1ccc(-c2ccc(N=Cc3cccs3)cc2)cc1)c1cccs1. The number of benzene rings is 2. The van der Waals surface area contributed by atoms with Gasteiger partial charge in [-0.15, -0.1) is 22.7 Å². The first kappa shape index (κ1) is 16.6. The van der Waals surface area contributed by atoms with Crippen LogP contribution in [0.25, 0.3) is 11.1 Å². The van der Waals surface area contributed by atoms with Crippen molar-refractivity contribution in [2.75, 3.05) is 0 Å². The van der Waals surface area contributed by atoms with Gasteiger partial charge in [0.2, 0.25) is 0 Å². The molecule has 0 amide bonds. The largest absolute Gasteiger partial charge is 0.255 e. The van der Waals surface area contributed by atoms with E-state index in [4.69, 9.17) is 0 Å². The second kappa shape index (κ2) is 8.04. The topological polar surface area (TPSA) is 24.7 Å². The van der Waals surface area contributed by atoms with Gasteiger partial charge in [-0.05, 0) is 58.3 Å². The predicted molar refractivity (Wildman–Crippen MR) is 115 cm³/mol. The van der Waals surface area contributed by atoms with Gasteiger partial charge in [-0.2, -0.15) is 0 Å². The van der Waals surface area contributed by atoms with Crippen LogP contribution in [0.3, 0.4) is 0 Å². The van der Waals surface area contributed by atoms with Crippen LogP contribution >= 0.6 is 22.7 Å². The van der Waals surface area contributed by atoms with Crippen molar-refractivity contribution in [3.05, 3.63) is 93.3 Å². The van der Waals surface area contributed by atoms with E-state index in [1.54, 1.807) is 22.7 Å². The van der Waals surface area contributed by atoms with Crippen molar-refractivity contribution in [3.8, 4) is 11.1 Å². The van der Waals surface area contributed by atoms with Crippen molar-refractivity contribution >= 4 is 46.5 Å². The molecule has 2 nitrogen and oxygen atoms in total. The summed E-state index contributed by atoms with van der Waals surface area (Å²) in [5.74, 6) is 0. The summed E-state index contributed by atoms with van der Waals surface area (Å²) in [5.41, 5.74) is 4.27. The molecule has 0 fully saturated rings. The number of thiophene rings is 2. The molecule has 0 atom stereocenters. The molecule has 0 spiro atoms. The lowest BCUT2D eigenvalue weighted by Gasteiger charge is -2.03. The van der Waals surface area contributed by atoms with Gasteiger partial charge in [0.25, 0.3) is 0 Å². The standard InChI is InChI=1S/C22H16N2S2/c1-3-21(25-13-1)15-23-19-9-5-17(6-10-19)18-7-11-20(12-8-18)24-16-22-4-2-14-26-22/h1-16H. The Morgan fingerprint density at radius 3 is 1.31 bits per heavy atom. The fraction of sp³-hybridized carbons (Fsp3) is 0. The molecule has 0 radical (unpaired) electrons. The van der Waals surface area contributed by atoms with Crippen LogP contribution in [0.1, 0.15) is 9.75 Å². The second-order valence-corrected chi connectivity index (χ2v) is 7.60.